The second-order valence-corrected chi connectivity index (χ2v) is 29.8. The van der Waals surface area contributed by atoms with E-state index in [1.807, 2.05) is 0 Å². The van der Waals surface area contributed by atoms with Gasteiger partial charge in [0, 0.05) is 156 Å². The van der Waals surface area contributed by atoms with Gasteiger partial charge < -0.3 is 67.7 Å². The van der Waals surface area contributed by atoms with E-state index in [4.69, 9.17) is 33.2 Å². The van der Waals surface area contributed by atoms with E-state index in [-0.39, 0.29) is 6.10 Å². The molecule has 0 radical (unpaired) electrons. The summed E-state index contributed by atoms with van der Waals surface area (Å²) in [6.45, 7) is 36.8. The Labute approximate surface area is 532 Å². The summed E-state index contributed by atoms with van der Waals surface area (Å²) in [5.74, 6) is 2.66. The molecule has 0 aliphatic carbocycles. The zero-order valence-electron chi connectivity index (χ0n) is 58.1. The highest BCUT2D eigenvalue weighted by molar-refractivity contribution is 7.99. The smallest absolute Gasteiger partial charge is 0.0622 e. The van der Waals surface area contributed by atoms with Crippen LogP contribution in [0.5, 0.6) is 0 Å². The van der Waals surface area contributed by atoms with Crippen LogP contribution in [0.1, 0.15) is 118 Å². The van der Waals surface area contributed by atoms with Crippen LogP contribution >= 0.6 is 11.8 Å². The number of aliphatic hydroxyl groups is 1. The fraction of sp³-hybridized carbons (Fsp3) is 1.00. The van der Waals surface area contributed by atoms with E-state index >= 15 is 0 Å². The van der Waals surface area contributed by atoms with Crippen LogP contribution in [-0.4, -0.2) is 362 Å². The molecule has 8 unspecified atom stereocenters. The quantitative estimate of drug-likeness (QED) is 0.329. The van der Waals surface area contributed by atoms with Gasteiger partial charge in [0.15, 0.2) is 0 Å². The zero-order valence-corrected chi connectivity index (χ0v) is 58.9. The van der Waals surface area contributed by atoms with Gasteiger partial charge in [-0.25, -0.2) is 0 Å². The molecule has 86 heavy (non-hydrogen) atoms. The van der Waals surface area contributed by atoms with Gasteiger partial charge in [0.2, 0.25) is 0 Å². The molecule has 2 spiro atoms. The van der Waals surface area contributed by atoms with Gasteiger partial charge in [0.25, 0.3) is 0 Å². The van der Waals surface area contributed by atoms with Crippen molar-refractivity contribution in [1.82, 2.24) is 49.0 Å². The second-order valence-electron chi connectivity index (χ2n) is 28.5. The topological polar surface area (TPSA) is 117 Å². The van der Waals surface area contributed by atoms with Crippen LogP contribution in [0.2, 0.25) is 0 Å². The Morgan fingerprint density at radius 2 is 0.849 bits per heavy atom. The summed E-state index contributed by atoms with van der Waals surface area (Å²) in [5.41, 5.74) is 1.29. The standard InChI is InChI=1S/2C8H15NO.C7H13NO.2C7H15NO.C7H15N.C6H11NO.2C6H13NO.C5H11NS/c1-9-6-8(7-9)2-4-10-5-3-8;1-9-6-2-3-7(9)5-8(10)4-6;1-8-6-2-3-7(8)5-9-4-6;1-6-4-9-5-7(2)8(6)3;1-3-7-6-9-5-4-8(7)2;1-8-6-4-2-3-5-7-8;1-7-2-6(3-7)4-8-5-6;1-6-5-8-4-3-7(6)2;1-7-3-2-5-8-6-4-7;1-6-2-4-7-5-3-6/h2-7H2,1H3;6-8,10H,2-5H2,1H3;6-7H,2-5H2,1H3;6-7H,4-5H2,1-3H3;7H,3-6H2,1-2H3;2-7H2,1H3;2-5H2,1H3;6H,3-5H2,1-2H3;2-6H2,1H3;2-5H2,1H3. The van der Waals surface area contributed by atoms with Crippen molar-refractivity contribution >= 4 is 11.8 Å². The summed E-state index contributed by atoms with van der Waals surface area (Å²) in [4.78, 5) is 23.7. The number of piperidine rings is 1. The number of rotatable bonds is 1. The summed E-state index contributed by atoms with van der Waals surface area (Å²) in [7, 11) is 21.7. The van der Waals surface area contributed by atoms with E-state index in [0.717, 1.165) is 137 Å². The van der Waals surface area contributed by atoms with Crippen LogP contribution in [0.25, 0.3) is 0 Å². The summed E-state index contributed by atoms with van der Waals surface area (Å²) >= 11 is 2.06. The van der Waals surface area contributed by atoms with Gasteiger partial charge in [-0.2, -0.15) is 11.8 Å². The molecule has 0 saturated carbocycles. The molecule has 14 saturated heterocycles. The maximum absolute atomic E-state index is 9.38. The molecular formula is C67H136N10O8S. The molecule has 0 aromatic heterocycles. The second kappa shape index (κ2) is 42.1. The van der Waals surface area contributed by atoms with Gasteiger partial charge in [0.1, 0.15) is 0 Å². The molecule has 14 rings (SSSR count). The number of hydrogen-bond acceptors (Lipinski definition) is 19. The largest absolute Gasteiger partial charge is 0.393 e. The lowest BCUT2D eigenvalue weighted by atomic mass is 9.74. The Morgan fingerprint density at radius 1 is 0.395 bits per heavy atom. The lowest BCUT2D eigenvalue weighted by molar-refractivity contribution is -0.182. The maximum Gasteiger partial charge on any atom is 0.0622 e. The minimum Gasteiger partial charge on any atom is -0.393 e. The molecule has 4 bridgehead atoms. The van der Waals surface area contributed by atoms with Gasteiger partial charge in [-0.15, -0.1) is 0 Å². The molecule has 0 amide bonds. The van der Waals surface area contributed by atoms with E-state index in [2.05, 4.69) is 159 Å². The number of morpholine rings is 4. The summed E-state index contributed by atoms with van der Waals surface area (Å²) < 4.78 is 36.9. The summed E-state index contributed by atoms with van der Waals surface area (Å²) in [5, 5.41) is 9.38. The van der Waals surface area contributed by atoms with Crippen molar-refractivity contribution in [2.45, 2.75) is 172 Å². The lowest BCUT2D eigenvalue weighted by Crippen LogP contribution is -2.64. The number of likely N-dealkylation sites (N-methyl/N-ethyl adjacent to an activating group) is 5. The first-order valence-electron chi connectivity index (χ1n) is 34.6. The number of thioether (sulfide) groups is 1. The molecule has 0 aromatic carbocycles. The monoisotopic (exact) mass is 1240 g/mol. The van der Waals surface area contributed by atoms with Crippen molar-refractivity contribution in [2.75, 3.05) is 253 Å². The third-order valence-electron chi connectivity index (χ3n) is 20.8. The number of likely N-dealkylation sites (tertiary alicyclic amines) is 3. The molecular weight excluding hydrogens is 1100 g/mol. The fourth-order valence-corrected chi connectivity index (χ4v) is 15.0. The van der Waals surface area contributed by atoms with Gasteiger partial charge in [-0.1, -0.05) is 19.8 Å². The van der Waals surface area contributed by atoms with Crippen LogP contribution in [0.4, 0.5) is 0 Å². The molecule has 14 heterocycles. The van der Waals surface area contributed by atoms with Gasteiger partial charge in [-0.05, 0) is 181 Å². The third kappa shape index (κ3) is 28.5. The van der Waals surface area contributed by atoms with Crippen molar-refractivity contribution in [2.24, 2.45) is 10.8 Å². The minimum atomic E-state index is -0.00583. The SMILES string of the molecule is CC1COCC(C)N1C.CC1COCCN1C.CCC1COCCN1C.CN1C2CCC1CC(O)C2.CN1C2CCC1COC2.CN1CC2(CCOCC2)C1.CN1CC2(COC2)C1.CN1CCCCCC1.CN1CCCOCC1.CN1CCSCC1. The zero-order chi connectivity index (χ0) is 62.3. The fourth-order valence-electron chi connectivity index (χ4n) is 13.9. The first kappa shape index (κ1) is 76.3. The van der Waals surface area contributed by atoms with Crippen molar-refractivity contribution < 1.29 is 38.3 Å². The molecule has 8 atom stereocenters. The maximum atomic E-state index is 9.38. The molecule has 14 fully saturated rings. The molecule has 14 aliphatic rings. The normalized spacial score (nSPS) is 34.2. The van der Waals surface area contributed by atoms with Crippen LogP contribution in [0, 0.1) is 10.8 Å². The lowest BCUT2D eigenvalue weighted by Gasteiger charge is -2.53. The Balaban J connectivity index is 0.000000175. The first-order valence-corrected chi connectivity index (χ1v) is 35.8. The van der Waals surface area contributed by atoms with Crippen molar-refractivity contribution in [3.8, 4) is 0 Å². The predicted molar refractivity (Wildman–Crippen MR) is 358 cm³/mol. The van der Waals surface area contributed by atoms with E-state index in [1.54, 1.807) is 0 Å². The summed E-state index contributed by atoms with van der Waals surface area (Å²) in [6.07, 6.45) is 18.0. The third-order valence-corrected chi connectivity index (χ3v) is 21.7. The average Bonchev–Trinajstić information content (AvgIpc) is 1.39. The van der Waals surface area contributed by atoms with Gasteiger partial charge >= 0.3 is 0 Å². The average molecular weight is 1240 g/mol. The molecule has 19 heteroatoms. The van der Waals surface area contributed by atoms with Crippen LogP contribution in [-0.2, 0) is 33.2 Å². The number of fused-ring (bicyclic) bond motifs is 4. The Kier molecular flexibility index (Phi) is 37.3. The van der Waals surface area contributed by atoms with Gasteiger partial charge in [-0.3, -0.25) is 19.6 Å². The Morgan fingerprint density at radius 3 is 1.28 bits per heavy atom. The van der Waals surface area contributed by atoms with Crippen molar-refractivity contribution in [3.05, 3.63) is 0 Å². The molecule has 14 aliphatic heterocycles. The van der Waals surface area contributed by atoms with E-state index < -0.39 is 0 Å². The highest BCUT2D eigenvalue weighted by atomic mass is 32.2. The van der Waals surface area contributed by atoms with Crippen molar-refractivity contribution in [1.29, 1.82) is 0 Å². The number of aliphatic hydroxyl groups excluding tert-OH is 1. The number of ether oxygens (including phenoxy) is 7. The van der Waals surface area contributed by atoms with E-state index in [0.29, 0.717) is 47.1 Å². The van der Waals surface area contributed by atoms with E-state index in [9.17, 15) is 5.11 Å². The highest BCUT2D eigenvalue weighted by Gasteiger charge is 2.47. The number of nitrogens with zero attached hydrogens (tertiary/aromatic N) is 10. The van der Waals surface area contributed by atoms with Gasteiger partial charge in [0.05, 0.1) is 78.8 Å². The highest BCUT2D eigenvalue weighted by Crippen LogP contribution is 2.39. The Hall–Kier alpha value is -0.370. The first-order chi connectivity index (χ1) is 41.3. The van der Waals surface area contributed by atoms with Crippen molar-refractivity contribution in [3.63, 3.8) is 0 Å². The number of hydrogen-bond donors (Lipinski definition) is 1. The molecule has 18 nitrogen and oxygen atoms in total. The van der Waals surface area contributed by atoms with Crippen LogP contribution < -0.4 is 0 Å². The molecule has 1 N–H and O–H groups in total. The Bertz CT molecular complexity index is 1590. The molecule has 508 valence electrons. The summed E-state index contributed by atoms with van der Waals surface area (Å²) in [6, 6.07) is 5.32. The molecule has 0 aromatic rings. The van der Waals surface area contributed by atoms with Crippen LogP contribution in [0.3, 0.4) is 0 Å². The predicted octanol–water partition coefficient (Wildman–Crippen LogP) is 6.05. The van der Waals surface area contributed by atoms with E-state index in [1.165, 1.54) is 147 Å². The van der Waals surface area contributed by atoms with Crippen LogP contribution in [0.15, 0.2) is 0 Å². The minimum absolute atomic E-state index is 0.00583.